The smallest absolute Gasteiger partial charge is 0.407 e. The highest BCUT2D eigenvalue weighted by molar-refractivity contribution is 5.68. The van der Waals surface area contributed by atoms with Crippen molar-refractivity contribution in [3.05, 3.63) is 30.1 Å². The molecule has 0 saturated carbocycles. The summed E-state index contributed by atoms with van der Waals surface area (Å²) in [5.41, 5.74) is 1.08. The average molecular weight is 178 g/mol. The van der Waals surface area contributed by atoms with Crippen LogP contribution in [-0.2, 0) is 4.74 Å². The van der Waals surface area contributed by atoms with Crippen molar-refractivity contribution in [2.75, 3.05) is 6.61 Å². The first-order valence-electron chi connectivity index (χ1n) is 4.19. The summed E-state index contributed by atoms with van der Waals surface area (Å²) in [5, 5.41) is 2.74. The van der Waals surface area contributed by atoms with Crippen molar-refractivity contribution in [3.8, 4) is 0 Å². The Morgan fingerprint density at radius 2 is 2.23 bits per heavy atom. The second kappa shape index (κ2) is 3.43. The van der Waals surface area contributed by atoms with E-state index >= 15 is 0 Å². The number of amides is 1. The van der Waals surface area contributed by atoms with Crippen molar-refractivity contribution < 1.29 is 9.53 Å². The molecule has 0 spiro atoms. The highest BCUT2D eigenvalue weighted by Gasteiger charge is 2.19. The highest BCUT2D eigenvalue weighted by atomic mass is 16.5. The Bertz CT molecular complexity index is 300. The van der Waals surface area contributed by atoms with Gasteiger partial charge in [0.05, 0.1) is 12.6 Å². The number of cyclic esters (lactones) is 1. The van der Waals surface area contributed by atoms with Crippen molar-refractivity contribution in [2.24, 2.45) is 0 Å². The topological polar surface area (TPSA) is 51.2 Å². The Hall–Kier alpha value is -1.58. The molecule has 2 rings (SSSR count). The van der Waals surface area contributed by atoms with E-state index in [-0.39, 0.29) is 12.1 Å². The maximum atomic E-state index is 10.9. The predicted molar refractivity (Wildman–Crippen MR) is 46.1 cm³/mol. The van der Waals surface area contributed by atoms with Crippen LogP contribution in [0.15, 0.2) is 24.5 Å². The van der Waals surface area contributed by atoms with E-state index in [0.717, 1.165) is 12.0 Å². The summed E-state index contributed by atoms with van der Waals surface area (Å²) in [6.45, 7) is 0.485. The second-order valence-corrected chi connectivity index (χ2v) is 2.90. The molecule has 1 aromatic heterocycles. The number of nitrogens with one attached hydrogen (secondary N) is 1. The third-order valence-electron chi connectivity index (χ3n) is 2.04. The molecule has 1 unspecified atom stereocenters. The van der Waals surface area contributed by atoms with Gasteiger partial charge in [0.1, 0.15) is 0 Å². The number of ether oxygens (including phenoxy) is 1. The number of pyridine rings is 1. The van der Waals surface area contributed by atoms with Crippen LogP contribution >= 0.6 is 0 Å². The Balaban J connectivity index is 2.13. The number of carbonyl (C=O) groups is 1. The minimum Gasteiger partial charge on any atom is -0.449 e. The molecule has 2 heterocycles. The van der Waals surface area contributed by atoms with Crippen LogP contribution in [0.25, 0.3) is 0 Å². The summed E-state index contributed by atoms with van der Waals surface area (Å²) >= 11 is 0. The van der Waals surface area contributed by atoms with Gasteiger partial charge < -0.3 is 10.1 Å². The summed E-state index contributed by atoms with van der Waals surface area (Å²) in [6.07, 6.45) is 3.91. The monoisotopic (exact) mass is 178 g/mol. The summed E-state index contributed by atoms with van der Waals surface area (Å²) in [6, 6.07) is 3.87. The van der Waals surface area contributed by atoms with Gasteiger partial charge in [-0.25, -0.2) is 4.79 Å². The molecule has 1 saturated heterocycles. The zero-order chi connectivity index (χ0) is 9.10. The lowest BCUT2D eigenvalue weighted by atomic mass is 10.1. The zero-order valence-electron chi connectivity index (χ0n) is 7.06. The molecule has 0 bridgehead atoms. The molecule has 4 heteroatoms. The average Bonchev–Trinajstić information content (AvgIpc) is 2.19. The number of carbonyl (C=O) groups excluding carboxylic acids is 1. The fourth-order valence-corrected chi connectivity index (χ4v) is 1.37. The molecule has 1 aliphatic heterocycles. The Morgan fingerprint density at radius 1 is 1.46 bits per heavy atom. The maximum absolute atomic E-state index is 10.9. The highest BCUT2D eigenvalue weighted by Crippen LogP contribution is 2.18. The molecule has 68 valence electrons. The van der Waals surface area contributed by atoms with Crippen LogP contribution in [0.2, 0.25) is 0 Å². The number of rotatable bonds is 1. The third-order valence-corrected chi connectivity index (χ3v) is 2.04. The van der Waals surface area contributed by atoms with Crippen molar-refractivity contribution >= 4 is 6.09 Å². The zero-order valence-corrected chi connectivity index (χ0v) is 7.06. The van der Waals surface area contributed by atoms with E-state index in [4.69, 9.17) is 4.74 Å². The molecule has 1 aliphatic rings. The molecular weight excluding hydrogens is 168 g/mol. The SMILES string of the molecule is O=C1NC(c2ccncc2)CCO1. The predicted octanol–water partition coefficient (Wildman–Crippen LogP) is 1.25. The van der Waals surface area contributed by atoms with Gasteiger partial charge in [-0.15, -0.1) is 0 Å². The first-order chi connectivity index (χ1) is 6.36. The van der Waals surface area contributed by atoms with Gasteiger partial charge in [0.15, 0.2) is 0 Å². The summed E-state index contributed by atoms with van der Waals surface area (Å²) in [5.74, 6) is 0. The summed E-state index contributed by atoms with van der Waals surface area (Å²) < 4.78 is 4.76. The largest absolute Gasteiger partial charge is 0.449 e. The van der Waals surface area contributed by atoms with E-state index in [1.165, 1.54) is 0 Å². The van der Waals surface area contributed by atoms with Crippen LogP contribution in [0.3, 0.4) is 0 Å². The Labute approximate surface area is 75.9 Å². The standard InChI is InChI=1S/C9H10N2O2/c12-9-11-8(3-6-13-9)7-1-4-10-5-2-7/h1-2,4-5,8H,3,6H2,(H,11,12). The van der Waals surface area contributed by atoms with Gasteiger partial charge in [-0.2, -0.15) is 0 Å². The van der Waals surface area contributed by atoms with E-state index < -0.39 is 0 Å². The molecule has 13 heavy (non-hydrogen) atoms. The normalized spacial score (nSPS) is 21.8. The second-order valence-electron chi connectivity index (χ2n) is 2.90. The summed E-state index contributed by atoms with van der Waals surface area (Å²) in [4.78, 5) is 14.8. The lowest BCUT2D eigenvalue weighted by molar-refractivity contribution is 0.115. The summed E-state index contributed by atoms with van der Waals surface area (Å²) in [7, 11) is 0. The van der Waals surface area contributed by atoms with Gasteiger partial charge in [-0.1, -0.05) is 0 Å². The molecular formula is C9H10N2O2. The molecule has 1 aromatic rings. The molecule has 4 nitrogen and oxygen atoms in total. The molecule has 0 aromatic carbocycles. The number of hydrogen-bond donors (Lipinski definition) is 1. The van der Waals surface area contributed by atoms with Gasteiger partial charge >= 0.3 is 6.09 Å². The van der Waals surface area contributed by atoms with E-state index in [1.54, 1.807) is 12.4 Å². The van der Waals surface area contributed by atoms with Crippen molar-refractivity contribution in [3.63, 3.8) is 0 Å². The van der Waals surface area contributed by atoms with Crippen molar-refractivity contribution in [2.45, 2.75) is 12.5 Å². The fourth-order valence-electron chi connectivity index (χ4n) is 1.37. The minimum absolute atomic E-state index is 0.0734. The molecule has 1 atom stereocenters. The van der Waals surface area contributed by atoms with Gasteiger partial charge in [0, 0.05) is 18.8 Å². The van der Waals surface area contributed by atoms with Crippen molar-refractivity contribution in [1.82, 2.24) is 10.3 Å². The Morgan fingerprint density at radius 3 is 2.92 bits per heavy atom. The fraction of sp³-hybridized carbons (Fsp3) is 0.333. The van der Waals surface area contributed by atoms with Gasteiger partial charge in [-0.3, -0.25) is 4.98 Å². The lowest BCUT2D eigenvalue weighted by Gasteiger charge is -2.23. The lowest BCUT2D eigenvalue weighted by Crippen LogP contribution is -2.35. The van der Waals surface area contributed by atoms with E-state index in [9.17, 15) is 4.79 Å². The number of aromatic nitrogens is 1. The van der Waals surface area contributed by atoms with Gasteiger partial charge in [0.2, 0.25) is 0 Å². The van der Waals surface area contributed by atoms with Crippen molar-refractivity contribution in [1.29, 1.82) is 0 Å². The van der Waals surface area contributed by atoms with Gasteiger partial charge in [0.25, 0.3) is 0 Å². The van der Waals surface area contributed by atoms with Crippen LogP contribution in [0, 0.1) is 0 Å². The Kier molecular flexibility index (Phi) is 2.12. The van der Waals surface area contributed by atoms with E-state index in [0.29, 0.717) is 6.61 Å². The number of alkyl carbamates (subject to hydrolysis) is 1. The van der Waals surface area contributed by atoms with E-state index in [1.807, 2.05) is 12.1 Å². The van der Waals surface area contributed by atoms with Crippen LogP contribution in [0.5, 0.6) is 0 Å². The molecule has 1 amide bonds. The first-order valence-corrected chi connectivity index (χ1v) is 4.19. The molecule has 0 aliphatic carbocycles. The molecule has 1 fully saturated rings. The first kappa shape index (κ1) is 8.04. The maximum Gasteiger partial charge on any atom is 0.407 e. The van der Waals surface area contributed by atoms with Crippen LogP contribution in [0.4, 0.5) is 4.79 Å². The minimum atomic E-state index is -0.340. The third kappa shape index (κ3) is 1.77. The molecule has 1 N–H and O–H groups in total. The molecule has 0 radical (unpaired) electrons. The quantitative estimate of drug-likeness (QED) is 0.704. The van der Waals surface area contributed by atoms with Crippen LogP contribution < -0.4 is 5.32 Å². The van der Waals surface area contributed by atoms with E-state index in [2.05, 4.69) is 10.3 Å². The number of nitrogens with zero attached hydrogens (tertiary/aromatic N) is 1. The number of hydrogen-bond acceptors (Lipinski definition) is 3. The van der Waals surface area contributed by atoms with Crippen LogP contribution in [-0.4, -0.2) is 17.7 Å². The van der Waals surface area contributed by atoms with Crippen LogP contribution in [0.1, 0.15) is 18.0 Å². The van der Waals surface area contributed by atoms with Gasteiger partial charge in [-0.05, 0) is 17.7 Å².